The molecule has 0 aromatic carbocycles. The molecule has 5 heteroatoms. The molecule has 0 saturated carbocycles. The third kappa shape index (κ3) is 14.2. The maximum atomic E-state index is 8.49. The number of aliphatic hydroxyl groups is 1. The van der Waals surface area contributed by atoms with Gasteiger partial charge in [-0.2, -0.15) is 0 Å². The minimum absolute atomic E-state index is 0.0558. The molecule has 0 aromatic rings. The second kappa shape index (κ2) is 16.9. The van der Waals surface area contributed by atoms with Crippen molar-refractivity contribution >= 4 is 0 Å². The molecule has 0 aromatic heterocycles. The Morgan fingerprint density at radius 3 is 1.70 bits per heavy atom. The van der Waals surface area contributed by atoms with E-state index in [0.717, 1.165) is 6.61 Å². The summed E-state index contributed by atoms with van der Waals surface area (Å²) >= 11 is 0. The van der Waals surface area contributed by atoms with Crippen LogP contribution in [0.15, 0.2) is 0 Å². The van der Waals surface area contributed by atoms with E-state index in [9.17, 15) is 0 Å². The molecule has 122 valence electrons. The van der Waals surface area contributed by atoms with E-state index in [4.69, 9.17) is 24.1 Å². The van der Waals surface area contributed by atoms with Gasteiger partial charge in [0.1, 0.15) is 0 Å². The monoisotopic (exact) mass is 292 g/mol. The summed E-state index contributed by atoms with van der Waals surface area (Å²) in [6.45, 7) is 9.15. The summed E-state index contributed by atoms with van der Waals surface area (Å²) < 4.78 is 21.4. The molecule has 0 bridgehead atoms. The predicted molar refractivity (Wildman–Crippen MR) is 79.1 cm³/mol. The topological polar surface area (TPSA) is 57.2 Å². The van der Waals surface area contributed by atoms with Gasteiger partial charge in [-0.15, -0.1) is 0 Å². The molecule has 0 heterocycles. The zero-order valence-electron chi connectivity index (χ0n) is 13.1. The molecule has 0 amide bonds. The lowest BCUT2D eigenvalue weighted by molar-refractivity contribution is -0.00942. The lowest BCUT2D eigenvalue weighted by Gasteiger charge is -2.14. The van der Waals surface area contributed by atoms with Gasteiger partial charge in [0.25, 0.3) is 0 Å². The highest BCUT2D eigenvalue weighted by Crippen LogP contribution is 2.10. The van der Waals surface area contributed by atoms with Crippen LogP contribution in [0.4, 0.5) is 0 Å². The molecule has 20 heavy (non-hydrogen) atoms. The highest BCUT2D eigenvalue weighted by Gasteiger charge is 2.04. The maximum absolute atomic E-state index is 8.49. The number of hydrogen-bond acceptors (Lipinski definition) is 5. The molecule has 0 fully saturated rings. The SMILES string of the molecule is CCCC(CC)COCCOCCOCCOCCO. The fourth-order valence-corrected chi connectivity index (χ4v) is 1.79. The predicted octanol–water partition coefficient (Wildman–Crippen LogP) is 1.87. The van der Waals surface area contributed by atoms with Crippen LogP contribution in [0.25, 0.3) is 0 Å². The van der Waals surface area contributed by atoms with Gasteiger partial charge in [0.05, 0.1) is 52.9 Å². The van der Waals surface area contributed by atoms with Crippen LogP contribution in [0.2, 0.25) is 0 Å². The maximum Gasteiger partial charge on any atom is 0.0701 e. The summed E-state index contributed by atoms with van der Waals surface area (Å²) in [6.07, 6.45) is 3.64. The second-order valence-electron chi connectivity index (χ2n) is 4.70. The van der Waals surface area contributed by atoms with Crippen molar-refractivity contribution in [3.05, 3.63) is 0 Å². The Labute approximate surface area is 123 Å². The van der Waals surface area contributed by atoms with Gasteiger partial charge < -0.3 is 24.1 Å². The summed E-state index contributed by atoms with van der Waals surface area (Å²) in [5, 5.41) is 8.49. The third-order valence-corrected chi connectivity index (χ3v) is 2.98. The van der Waals surface area contributed by atoms with E-state index < -0.39 is 0 Å². The van der Waals surface area contributed by atoms with Gasteiger partial charge in [-0.3, -0.25) is 0 Å². The average Bonchev–Trinajstić information content (AvgIpc) is 2.47. The van der Waals surface area contributed by atoms with Crippen molar-refractivity contribution in [3.8, 4) is 0 Å². The van der Waals surface area contributed by atoms with Gasteiger partial charge in [-0.05, 0) is 12.3 Å². The number of ether oxygens (including phenoxy) is 4. The summed E-state index contributed by atoms with van der Waals surface area (Å²) in [5.41, 5.74) is 0. The van der Waals surface area contributed by atoms with E-state index in [2.05, 4.69) is 13.8 Å². The number of aliphatic hydroxyl groups excluding tert-OH is 1. The molecular weight excluding hydrogens is 260 g/mol. The first-order valence-electron chi connectivity index (χ1n) is 7.76. The summed E-state index contributed by atoms with van der Waals surface area (Å²) in [5.74, 6) is 0.683. The van der Waals surface area contributed by atoms with Gasteiger partial charge in [0, 0.05) is 6.61 Å². The van der Waals surface area contributed by atoms with Crippen LogP contribution in [0, 0.1) is 5.92 Å². The fourth-order valence-electron chi connectivity index (χ4n) is 1.79. The van der Waals surface area contributed by atoms with Crippen molar-refractivity contribution in [1.82, 2.24) is 0 Å². The zero-order valence-corrected chi connectivity index (χ0v) is 13.1. The Kier molecular flexibility index (Phi) is 16.7. The average molecular weight is 292 g/mol. The van der Waals surface area contributed by atoms with Crippen LogP contribution in [-0.2, 0) is 18.9 Å². The van der Waals surface area contributed by atoms with Crippen molar-refractivity contribution < 1.29 is 24.1 Å². The molecule has 1 N–H and O–H groups in total. The van der Waals surface area contributed by atoms with Crippen LogP contribution in [0.1, 0.15) is 33.1 Å². The van der Waals surface area contributed by atoms with Crippen LogP contribution >= 0.6 is 0 Å². The zero-order chi connectivity index (χ0) is 14.9. The number of rotatable bonds is 16. The van der Waals surface area contributed by atoms with Crippen molar-refractivity contribution in [2.24, 2.45) is 5.92 Å². The molecule has 5 nitrogen and oxygen atoms in total. The first-order valence-corrected chi connectivity index (χ1v) is 7.76. The fraction of sp³-hybridized carbons (Fsp3) is 1.00. The van der Waals surface area contributed by atoms with Crippen LogP contribution in [-0.4, -0.2) is 64.6 Å². The lowest BCUT2D eigenvalue weighted by atomic mass is 10.0. The Balaban J connectivity index is 3.09. The van der Waals surface area contributed by atoms with Gasteiger partial charge in [0.15, 0.2) is 0 Å². The highest BCUT2D eigenvalue weighted by atomic mass is 16.6. The molecule has 1 atom stereocenters. The van der Waals surface area contributed by atoms with E-state index in [0.29, 0.717) is 52.2 Å². The van der Waals surface area contributed by atoms with Gasteiger partial charge in [-0.1, -0.05) is 26.7 Å². The van der Waals surface area contributed by atoms with E-state index >= 15 is 0 Å². The van der Waals surface area contributed by atoms with Crippen molar-refractivity contribution in [3.63, 3.8) is 0 Å². The lowest BCUT2D eigenvalue weighted by Crippen LogP contribution is -2.14. The van der Waals surface area contributed by atoms with E-state index in [1.165, 1.54) is 19.3 Å². The van der Waals surface area contributed by atoms with Crippen LogP contribution in [0.5, 0.6) is 0 Å². The molecule has 0 rings (SSSR count). The summed E-state index contributed by atoms with van der Waals surface area (Å²) in [7, 11) is 0. The van der Waals surface area contributed by atoms with E-state index in [1.807, 2.05) is 0 Å². The number of hydrogen-bond donors (Lipinski definition) is 1. The minimum atomic E-state index is 0.0558. The standard InChI is InChI=1S/C15H32O5/c1-3-5-15(4-2)14-20-13-12-19-11-10-18-9-8-17-7-6-16/h15-16H,3-14H2,1-2H3. The highest BCUT2D eigenvalue weighted by molar-refractivity contribution is 4.54. The third-order valence-electron chi connectivity index (χ3n) is 2.98. The van der Waals surface area contributed by atoms with Crippen molar-refractivity contribution in [2.45, 2.75) is 33.1 Å². The molecule has 0 spiro atoms. The van der Waals surface area contributed by atoms with E-state index in [1.54, 1.807) is 0 Å². The largest absolute Gasteiger partial charge is 0.394 e. The molecule has 0 radical (unpaired) electrons. The molecule has 1 unspecified atom stereocenters. The molecule has 0 aliphatic heterocycles. The molecule has 0 saturated heterocycles. The Morgan fingerprint density at radius 2 is 1.25 bits per heavy atom. The Morgan fingerprint density at radius 1 is 0.750 bits per heavy atom. The second-order valence-corrected chi connectivity index (χ2v) is 4.70. The first-order chi connectivity index (χ1) is 9.85. The Hall–Kier alpha value is -0.200. The van der Waals surface area contributed by atoms with Crippen molar-refractivity contribution in [2.75, 3.05) is 59.5 Å². The van der Waals surface area contributed by atoms with Crippen molar-refractivity contribution in [1.29, 1.82) is 0 Å². The molecular formula is C15H32O5. The van der Waals surface area contributed by atoms with Crippen LogP contribution < -0.4 is 0 Å². The molecule has 0 aliphatic carbocycles. The normalized spacial score (nSPS) is 12.8. The van der Waals surface area contributed by atoms with Crippen LogP contribution in [0.3, 0.4) is 0 Å². The smallest absolute Gasteiger partial charge is 0.0701 e. The van der Waals surface area contributed by atoms with Gasteiger partial charge in [-0.25, -0.2) is 0 Å². The first kappa shape index (κ1) is 19.8. The quantitative estimate of drug-likeness (QED) is 0.440. The minimum Gasteiger partial charge on any atom is -0.394 e. The van der Waals surface area contributed by atoms with E-state index in [-0.39, 0.29) is 6.61 Å². The summed E-state index contributed by atoms with van der Waals surface area (Å²) in [4.78, 5) is 0. The van der Waals surface area contributed by atoms with Gasteiger partial charge >= 0.3 is 0 Å². The Bertz CT molecular complexity index is 178. The van der Waals surface area contributed by atoms with Gasteiger partial charge in [0.2, 0.25) is 0 Å². The molecule has 0 aliphatic rings. The summed E-state index contributed by atoms with van der Waals surface area (Å²) in [6, 6.07) is 0.